The van der Waals surface area contributed by atoms with Gasteiger partial charge < -0.3 is 0 Å². The minimum absolute atomic E-state index is 0.765. The number of rotatable bonds is 8. The molecule has 13 heavy (non-hydrogen) atoms. The molecule has 2 atom stereocenters. The quantitative estimate of drug-likeness (QED) is 0.399. The molecule has 0 saturated heterocycles. The van der Waals surface area contributed by atoms with Crippen LogP contribution in [0.25, 0.3) is 0 Å². The molecule has 0 spiro atoms. The van der Waals surface area contributed by atoms with E-state index in [1.54, 1.807) is 0 Å². The third kappa shape index (κ3) is 8.85. The molecule has 76 valence electrons. The summed E-state index contributed by atoms with van der Waals surface area (Å²) in [5.41, 5.74) is 0. The molecule has 0 N–H and O–H groups in total. The van der Waals surface area contributed by atoms with Crippen LogP contribution in [-0.2, 0) is 0 Å². The van der Waals surface area contributed by atoms with Crippen molar-refractivity contribution < 1.29 is 0 Å². The molecule has 0 heterocycles. The Kier molecular flexibility index (Phi) is 9.47. The monoisotopic (exact) mass is 197 g/mol. The van der Waals surface area contributed by atoms with Crippen LogP contribution < -0.4 is 0 Å². The van der Waals surface area contributed by atoms with Gasteiger partial charge in [-0.25, -0.2) is 0 Å². The van der Waals surface area contributed by atoms with E-state index in [1.807, 2.05) is 0 Å². The summed E-state index contributed by atoms with van der Waals surface area (Å²) in [4.78, 5) is 0. The van der Waals surface area contributed by atoms with Gasteiger partial charge in [-0.3, -0.25) is 0 Å². The van der Waals surface area contributed by atoms with Crippen molar-refractivity contribution in [2.75, 3.05) is 0 Å². The van der Waals surface area contributed by atoms with E-state index in [1.165, 1.54) is 36.2 Å². The minimum atomic E-state index is 0.765. The van der Waals surface area contributed by atoms with E-state index in [4.69, 9.17) is 0 Å². The topological polar surface area (TPSA) is 0 Å². The molecule has 0 aliphatic rings. The average molecular weight is 197 g/mol. The maximum absolute atomic E-state index is 2.38. The Morgan fingerprint density at radius 2 is 1.23 bits per heavy atom. The van der Waals surface area contributed by atoms with E-state index in [0.717, 1.165) is 27.1 Å². The Morgan fingerprint density at radius 1 is 0.846 bits per heavy atom. The van der Waals surface area contributed by atoms with Gasteiger partial charge in [0.2, 0.25) is 0 Å². The Labute approximate surface area is 91.2 Å². The van der Waals surface area contributed by atoms with Gasteiger partial charge in [0, 0.05) is 0 Å². The zero-order valence-electron chi connectivity index (χ0n) is 9.97. The van der Waals surface area contributed by atoms with Gasteiger partial charge in [0.1, 0.15) is 0 Å². The summed E-state index contributed by atoms with van der Waals surface area (Å²) in [6.07, 6.45) is 5.69. The standard InChI is InChI=1S/2C6H13.Al/c2*1-4-6(3)5-2;/h2*6H,1,4-5H2,2-3H3;/q;;+1. The summed E-state index contributed by atoms with van der Waals surface area (Å²) in [5, 5.41) is 3.07. The van der Waals surface area contributed by atoms with E-state index < -0.39 is 0 Å². The number of hydrogen-bond donors (Lipinski definition) is 0. The van der Waals surface area contributed by atoms with Crippen molar-refractivity contribution in [1.82, 2.24) is 0 Å². The first-order valence-electron chi connectivity index (χ1n) is 6.02. The fourth-order valence-corrected chi connectivity index (χ4v) is 3.26. The predicted octanol–water partition coefficient (Wildman–Crippen LogP) is 4.40. The van der Waals surface area contributed by atoms with Crippen LogP contribution in [0.15, 0.2) is 0 Å². The van der Waals surface area contributed by atoms with Gasteiger partial charge in [-0.2, -0.15) is 0 Å². The normalized spacial score (nSPS) is 15.1. The van der Waals surface area contributed by atoms with E-state index in [-0.39, 0.29) is 0 Å². The van der Waals surface area contributed by atoms with Gasteiger partial charge in [-0.15, -0.1) is 0 Å². The number of hydrogen-bond acceptors (Lipinski definition) is 0. The molecule has 0 radical (unpaired) electrons. The summed E-state index contributed by atoms with van der Waals surface area (Å²) in [6.45, 7) is 9.38. The van der Waals surface area contributed by atoms with Crippen LogP contribution in [0.2, 0.25) is 10.6 Å². The molecule has 0 bridgehead atoms. The second-order valence-electron chi connectivity index (χ2n) is 4.47. The SMILES string of the molecule is CCC(C)C[CH2][Al+][CH2]CC(C)CC. The van der Waals surface area contributed by atoms with Crippen LogP contribution in [0, 0.1) is 11.8 Å². The van der Waals surface area contributed by atoms with E-state index in [2.05, 4.69) is 27.7 Å². The summed E-state index contributed by atoms with van der Waals surface area (Å²) in [5.74, 6) is 1.94. The molecule has 0 aromatic heterocycles. The third-order valence-electron chi connectivity index (χ3n) is 3.12. The van der Waals surface area contributed by atoms with E-state index in [0.29, 0.717) is 0 Å². The molecule has 0 rings (SSSR count). The van der Waals surface area contributed by atoms with Gasteiger partial charge >= 0.3 is 91.0 Å². The summed E-state index contributed by atoms with van der Waals surface area (Å²) >= 11 is 0.765. The van der Waals surface area contributed by atoms with Crippen molar-refractivity contribution >= 4 is 15.2 Å². The second kappa shape index (κ2) is 9.10. The van der Waals surface area contributed by atoms with Crippen molar-refractivity contribution in [3.63, 3.8) is 0 Å². The summed E-state index contributed by atoms with van der Waals surface area (Å²) in [6, 6.07) is 0. The van der Waals surface area contributed by atoms with E-state index >= 15 is 0 Å². The molecule has 0 aromatic rings. The molecule has 0 nitrogen and oxygen atoms in total. The van der Waals surface area contributed by atoms with Gasteiger partial charge in [0.25, 0.3) is 0 Å². The summed E-state index contributed by atoms with van der Waals surface area (Å²) < 4.78 is 0. The second-order valence-corrected chi connectivity index (χ2v) is 6.20. The van der Waals surface area contributed by atoms with Crippen LogP contribution in [-0.4, -0.2) is 15.2 Å². The molecular weight excluding hydrogens is 171 g/mol. The molecular formula is C12H26Al+. The molecule has 0 saturated carbocycles. The fraction of sp³-hybridized carbons (Fsp3) is 1.00. The van der Waals surface area contributed by atoms with Crippen LogP contribution in [0.3, 0.4) is 0 Å². The predicted molar refractivity (Wildman–Crippen MR) is 63.5 cm³/mol. The van der Waals surface area contributed by atoms with Gasteiger partial charge in [0.05, 0.1) is 0 Å². The fourth-order valence-electron chi connectivity index (χ4n) is 1.36. The van der Waals surface area contributed by atoms with Crippen molar-refractivity contribution in [1.29, 1.82) is 0 Å². The maximum atomic E-state index is 2.38. The first-order chi connectivity index (χ1) is 6.20. The van der Waals surface area contributed by atoms with Crippen molar-refractivity contribution in [3.05, 3.63) is 0 Å². The summed E-state index contributed by atoms with van der Waals surface area (Å²) in [7, 11) is 0. The van der Waals surface area contributed by atoms with Gasteiger partial charge in [-0.05, 0) is 0 Å². The average Bonchev–Trinajstić information content (AvgIpc) is 2.16. The molecule has 0 aliphatic heterocycles. The van der Waals surface area contributed by atoms with Crippen molar-refractivity contribution in [3.8, 4) is 0 Å². The van der Waals surface area contributed by atoms with Crippen molar-refractivity contribution in [2.45, 2.75) is 63.9 Å². The van der Waals surface area contributed by atoms with Crippen LogP contribution >= 0.6 is 0 Å². The van der Waals surface area contributed by atoms with Crippen LogP contribution in [0.5, 0.6) is 0 Å². The first-order valence-corrected chi connectivity index (χ1v) is 7.65. The van der Waals surface area contributed by atoms with E-state index in [9.17, 15) is 0 Å². The Bertz CT molecular complexity index is 89.3. The molecule has 0 amide bonds. The molecule has 0 aliphatic carbocycles. The zero-order valence-corrected chi connectivity index (χ0v) is 11.1. The first kappa shape index (κ1) is 13.5. The molecule has 0 fully saturated rings. The Hall–Kier alpha value is 0.532. The van der Waals surface area contributed by atoms with Gasteiger partial charge in [-0.1, -0.05) is 0 Å². The molecule has 1 heteroatoms. The third-order valence-corrected chi connectivity index (χ3v) is 4.60. The Morgan fingerprint density at radius 3 is 1.54 bits per heavy atom. The van der Waals surface area contributed by atoms with Crippen LogP contribution in [0.4, 0.5) is 0 Å². The van der Waals surface area contributed by atoms with Gasteiger partial charge in [0.15, 0.2) is 0 Å². The van der Waals surface area contributed by atoms with Crippen LogP contribution in [0.1, 0.15) is 53.4 Å². The zero-order chi connectivity index (χ0) is 10.1. The Balaban J connectivity index is 3.08. The molecule has 2 unspecified atom stereocenters. The molecule has 0 aromatic carbocycles. The van der Waals surface area contributed by atoms with Crippen molar-refractivity contribution in [2.24, 2.45) is 11.8 Å².